The summed E-state index contributed by atoms with van der Waals surface area (Å²) in [5.74, 6) is 0.494. The minimum absolute atomic E-state index is 0.0466. The molecule has 5 heteroatoms. The topological polar surface area (TPSA) is 58.2 Å². The van der Waals surface area contributed by atoms with Gasteiger partial charge in [-0.3, -0.25) is 9.88 Å². The van der Waals surface area contributed by atoms with Crippen molar-refractivity contribution in [3.05, 3.63) is 66.0 Å². The Kier molecular flexibility index (Phi) is 4.34. The number of pyridine rings is 1. The van der Waals surface area contributed by atoms with Crippen LogP contribution in [0.5, 0.6) is 0 Å². The van der Waals surface area contributed by atoms with Crippen LogP contribution in [0.15, 0.2) is 54.9 Å². The monoisotopic (exact) mass is 389 g/mol. The summed E-state index contributed by atoms with van der Waals surface area (Å²) in [7, 11) is 0. The molecule has 0 spiro atoms. The average Bonchev–Trinajstić information content (AvgIpc) is 3.29. The summed E-state index contributed by atoms with van der Waals surface area (Å²) in [6.45, 7) is 4.04. The number of rotatable bonds is 3. The van der Waals surface area contributed by atoms with E-state index in [4.69, 9.17) is 4.74 Å². The first-order valence-electron chi connectivity index (χ1n) is 10.5. The standard InChI is InChI=1S/C24H27N3O2/c1-24(2)22(17-6-4-3-5-7-17)27(23(28)29-24)19-10-8-16(9-11-19)18-14-21-20(26-15-18)12-13-25-21/h3-7,12-16,19,22,25H,8-11H2,1-2H3/t16-,19-,22-/m0/s1. The van der Waals surface area contributed by atoms with Crippen molar-refractivity contribution in [2.24, 2.45) is 0 Å². The summed E-state index contributed by atoms with van der Waals surface area (Å²) in [6.07, 6.45) is 7.87. The van der Waals surface area contributed by atoms with E-state index in [1.165, 1.54) is 5.56 Å². The third-order valence-corrected chi connectivity index (χ3v) is 6.59. The van der Waals surface area contributed by atoms with Gasteiger partial charge >= 0.3 is 6.09 Å². The van der Waals surface area contributed by atoms with Crippen LogP contribution >= 0.6 is 0 Å². The van der Waals surface area contributed by atoms with Crippen LogP contribution in [-0.2, 0) is 4.74 Å². The molecule has 1 aliphatic heterocycles. The third kappa shape index (κ3) is 3.18. The molecule has 0 bridgehead atoms. The van der Waals surface area contributed by atoms with E-state index in [0.717, 1.165) is 42.3 Å². The number of aromatic nitrogens is 2. The summed E-state index contributed by atoms with van der Waals surface area (Å²) < 4.78 is 5.81. The lowest BCUT2D eigenvalue weighted by Gasteiger charge is -2.38. The van der Waals surface area contributed by atoms with Gasteiger partial charge in [0.05, 0.1) is 17.1 Å². The molecule has 2 aromatic heterocycles. The number of nitrogens with one attached hydrogen (secondary N) is 1. The van der Waals surface area contributed by atoms with Gasteiger partial charge in [0.2, 0.25) is 0 Å². The Morgan fingerprint density at radius 3 is 2.59 bits per heavy atom. The first kappa shape index (κ1) is 18.2. The Hall–Kier alpha value is -2.82. The molecule has 3 heterocycles. The molecule has 1 atom stereocenters. The van der Waals surface area contributed by atoms with Crippen LogP contribution < -0.4 is 0 Å². The first-order valence-corrected chi connectivity index (χ1v) is 10.5. The number of amides is 1. The van der Waals surface area contributed by atoms with Crippen molar-refractivity contribution in [3.63, 3.8) is 0 Å². The van der Waals surface area contributed by atoms with Crippen LogP contribution in [0.1, 0.15) is 62.6 Å². The molecule has 5 nitrogen and oxygen atoms in total. The van der Waals surface area contributed by atoms with Crippen LogP contribution in [0, 0.1) is 0 Å². The number of benzene rings is 1. The molecule has 3 aromatic rings. The van der Waals surface area contributed by atoms with Gasteiger partial charge in [-0.25, -0.2) is 4.79 Å². The molecule has 1 aliphatic carbocycles. The van der Waals surface area contributed by atoms with E-state index in [1.807, 2.05) is 55.4 Å². The predicted molar refractivity (Wildman–Crippen MR) is 113 cm³/mol. The van der Waals surface area contributed by atoms with Crippen LogP contribution in [0.2, 0.25) is 0 Å². The molecular formula is C24H27N3O2. The van der Waals surface area contributed by atoms with Gasteiger partial charge in [-0.1, -0.05) is 30.3 Å². The molecule has 1 amide bonds. The summed E-state index contributed by atoms with van der Waals surface area (Å²) in [5.41, 5.74) is 4.01. The fraction of sp³-hybridized carbons (Fsp3) is 0.417. The minimum Gasteiger partial charge on any atom is -0.441 e. The maximum Gasteiger partial charge on any atom is 0.411 e. The molecule has 0 radical (unpaired) electrons. The Morgan fingerprint density at radius 2 is 1.83 bits per heavy atom. The quantitative estimate of drug-likeness (QED) is 0.638. The average molecular weight is 389 g/mol. The zero-order valence-corrected chi connectivity index (χ0v) is 17.0. The number of carbonyl (C=O) groups is 1. The number of ether oxygens (including phenoxy) is 1. The number of hydrogen-bond acceptors (Lipinski definition) is 3. The van der Waals surface area contributed by atoms with E-state index in [-0.39, 0.29) is 18.2 Å². The Bertz CT molecular complexity index is 1020. The second-order valence-electron chi connectivity index (χ2n) is 8.88. The summed E-state index contributed by atoms with van der Waals surface area (Å²) >= 11 is 0. The van der Waals surface area contributed by atoms with Crippen molar-refractivity contribution >= 4 is 17.1 Å². The molecule has 1 saturated heterocycles. The lowest BCUT2D eigenvalue weighted by Crippen LogP contribution is -2.42. The van der Waals surface area contributed by atoms with E-state index in [0.29, 0.717) is 5.92 Å². The van der Waals surface area contributed by atoms with Gasteiger partial charge in [0.1, 0.15) is 5.60 Å². The second kappa shape index (κ2) is 6.90. The molecule has 1 aromatic carbocycles. The number of cyclic esters (lactones) is 1. The second-order valence-corrected chi connectivity index (χ2v) is 8.88. The number of H-pyrrole nitrogens is 1. The van der Waals surface area contributed by atoms with Gasteiger partial charge in [-0.15, -0.1) is 0 Å². The molecule has 150 valence electrons. The number of hydrogen-bond donors (Lipinski definition) is 1. The zero-order chi connectivity index (χ0) is 20.0. The first-order chi connectivity index (χ1) is 14.0. The zero-order valence-electron chi connectivity index (χ0n) is 17.0. The van der Waals surface area contributed by atoms with Crippen molar-refractivity contribution in [2.75, 3.05) is 0 Å². The third-order valence-electron chi connectivity index (χ3n) is 6.59. The molecule has 1 saturated carbocycles. The van der Waals surface area contributed by atoms with E-state index < -0.39 is 5.60 Å². The van der Waals surface area contributed by atoms with Crippen molar-refractivity contribution in [1.82, 2.24) is 14.9 Å². The highest BCUT2D eigenvalue weighted by Crippen LogP contribution is 2.46. The number of aromatic amines is 1. The molecule has 2 aliphatic rings. The van der Waals surface area contributed by atoms with Gasteiger partial charge in [-0.2, -0.15) is 0 Å². The minimum atomic E-state index is -0.530. The lowest BCUT2D eigenvalue weighted by atomic mass is 9.80. The van der Waals surface area contributed by atoms with Crippen LogP contribution in [0.4, 0.5) is 4.79 Å². The number of nitrogens with zero attached hydrogens (tertiary/aromatic N) is 2. The number of carbonyl (C=O) groups excluding carboxylic acids is 1. The highest BCUT2D eigenvalue weighted by atomic mass is 16.6. The molecular weight excluding hydrogens is 362 g/mol. The highest BCUT2D eigenvalue weighted by Gasteiger charge is 2.51. The van der Waals surface area contributed by atoms with Crippen LogP contribution in [0.3, 0.4) is 0 Å². The summed E-state index contributed by atoms with van der Waals surface area (Å²) in [6, 6.07) is 14.7. The maximum absolute atomic E-state index is 12.8. The maximum atomic E-state index is 12.8. The van der Waals surface area contributed by atoms with Crippen LogP contribution in [0.25, 0.3) is 11.0 Å². The molecule has 1 N–H and O–H groups in total. The van der Waals surface area contributed by atoms with Crippen molar-refractivity contribution in [3.8, 4) is 0 Å². The van der Waals surface area contributed by atoms with Gasteiger partial charge in [0.15, 0.2) is 0 Å². The Balaban J connectivity index is 1.35. The molecule has 0 unspecified atom stereocenters. The Morgan fingerprint density at radius 1 is 1.07 bits per heavy atom. The normalized spacial score (nSPS) is 26.6. The van der Waals surface area contributed by atoms with E-state index in [2.05, 4.69) is 28.2 Å². The van der Waals surface area contributed by atoms with Crippen molar-refractivity contribution in [2.45, 2.75) is 63.1 Å². The largest absolute Gasteiger partial charge is 0.441 e. The summed E-state index contributed by atoms with van der Waals surface area (Å²) in [5, 5.41) is 0. The predicted octanol–water partition coefficient (Wildman–Crippen LogP) is 5.56. The van der Waals surface area contributed by atoms with Crippen LogP contribution in [-0.4, -0.2) is 32.6 Å². The molecule has 29 heavy (non-hydrogen) atoms. The fourth-order valence-corrected chi connectivity index (χ4v) is 5.19. The molecule has 2 fully saturated rings. The smallest absolute Gasteiger partial charge is 0.411 e. The van der Waals surface area contributed by atoms with Gasteiger partial charge in [-0.05, 0) is 68.7 Å². The fourth-order valence-electron chi connectivity index (χ4n) is 5.19. The van der Waals surface area contributed by atoms with Crippen molar-refractivity contribution < 1.29 is 9.53 Å². The van der Waals surface area contributed by atoms with Crippen molar-refractivity contribution in [1.29, 1.82) is 0 Å². The highest BCUT2D eigenvalue weighted by molar-refractivity contribution is 5.75. The molecule has 5 rings (SSSR count). The lowest BCUT2D eigenvalue weighted by molar-refractivity contribution is 0.0664. The van der Waals surface area contributed by atoms with E-state index >= 15 is 0 Å². The summed E-state index contributed by atoms with van der Waals surface area (Å²) in [4.78, 5) is 22.7. The van der Waals surface area contributed by atoms with Gasteiger partial charge in [0.25, 0.3) is 0 Å². The van der Waals surface area contributed by atoms with E-state index in [9.17, 15) is 4.79 Å². The number of fused-ring (bicyclic) bond motifs is 1. The Labute approximate surface area is 171 Å². The SMILES string of the molecule is CC1(C)OC(=O)N([C@H]2CC[C@H](c3cnc4cc[nH]c4c3)CC2)[C@H]1c1ccccc1. The van der Waals surface area contributed by atoms with E-state index in [1.54, 1.807) is 0 Å². The van der Waals surface area contributed by atoms with Gasteiger partial charge < -0.3 is 9.72 Å². The van der Waals surface area contributed by atoms with Gasteiger partial charge in [0, 0.05) is 18.4 Å².